The maximum absolute atomic E-state index is 10.7. The first-order chi connectivity index (χ1) is 13.3. The predicted octanol–water partition coefficient (Wildman–Crippen LogP) is -1.35. The summed E-state index contributed by atoms with van der Waals surface area (Å²) in [5, 5.41) is 23.8. The Morgan fingerprint density at radius 1 is 1.25 bits per heavy atom. The van der Waals surface area contributed by atoms with Crippen LogP contribution in [0.25, 0.3) is 11.2 Å². The van der Waals surface area contributed by atoms with Crippen molar-refractivity contribution in [2.75, 3.05) is 11.9 Å². The topological polar surface area (TPSA) is 178 Å². The average molecular weight is 413 g/mol. The van der Waals surface area contributed by atoms with Gasteiger partial charge in [-0.3, -0.25) is 4.57 Å². The number of nitrogens with zero attached hydrogens (tertiary/aromatic N) is 4. The van der Waals surface area contributed by atoms with Crippen LogP contribution in [-0.4, -0.2) is 60.7 Å². The molecule has 12 nitrogen and oxygen atoms in total. The number of phosphoric acid groups is 1. The Morgan fingerprint density at radius 2 is 2.00 bits per heavy atom. The summed E-state index contributed by atoms with van der Waals surface area (Å²) in [6.07, 6.45) is 2.04. The largest absolute Gasteiger partial charge is 0.790 e. The van der Waals surface area contributed by atoms with Gasteiger partial charge in [0.2, 0.25) is 0 Å². The van der Waals surface area contributed by atoms with Crippen LogP contribution in [0.2, 0.25) is 0 Å². The van der Waals surface area contributed by atoms with Gasteiger partial charge in [0.25, 0.3) is 0 Å². The number of hydrogen-bond acceptors (Lipinski definition) is 11. The minimum atomic E-state index is -5.23. The van der Waals surface area contributed by atoms with Gasteiger partial charge < -0.3 is 39.1 Å². The molecule has 1 saturated carbocycles. The number of rotatable bonds is 6. The highest BCUT2D eigenvalue weighted by Gasteiger charge is 2.44. The lowest BCUT2D eigenvalue weighted by Gasteiger charge is -2.30. The molecule has 2 fully saturated rings. The molecule has 0 spiro atoms. The van der Waals surface area contributed by atoms with Gasteiger partial charge in [0, 0.05) is 6.04 Å². The van der Waals surface area contributed by atoms with Crippen molar-refractivity contribution in [2.45, 2.75) is 56.3 Å². The molecule has 1 saturated heterocycles. The number of ether oxygens (including phenoxy) is 1. The molecule has 0 amide bonds. The van der Waals surface area contributed by atoms with E-state index in [4.69, 9.17) is 4.74 Å². The van der Waals surface area contributed by atoms with E-state index in [1.54, 1.807) is 0 Å². The predicted molar refractivity (Wildman–Crippen MR) is 90.7 cm³/mol. The average Bonchev–Trinajstić information content (AvgIpc) is 3.35. The molecule has 1 aliphatic carbocycles. The SMILES string of the molecule is O=P([O-])([O-])OC[C@H]1O[C@@H](n2cnc3c(NC4CCCC4)ncnc32)[C@H](O)[C@@H]1O. The van der Waals surface area contributed by atoms with Gasteiger partial charge in [0.1, 0.15) is 24.6 Å². The summed E-state index contributed by atoms with van der Waals surface area (Å²) in [4.78, 5) is 34.0. The van der Waals surface area contributed by atoms with Crippen molar-refractivity contribution in [1.29, 1.82) is 0 Å². The molecular weight excluding hydrogens is 393 g/mol. The van der Waals surface area contributed by atoms with E-state index >= 15 is 0 Å². The zero-order valence-electron chi connectivity index (χ0n) is 14.7. The number of fused-ring (bicyclic) bond motifs is 1. The molecule has 0 radical (unpaired) electrons. The third-order valence-electron chi connectivity index (χ3n) is 5.06. The molecule has 2 aliphatic rings. The van der Waals surface area contributed by atoms with Gasteiger partial charge in [-0.15, -0.1) is 0 Å². The molecule has 13 heteroatoms. The summed E-state index contributed by atoms with van der Waals surface area (Å²) >= 11 is 0. The van der Waals surface area contributed by atoms with E-state index < -0.39 is 39.0 Å². The van der Waals surface area contributed by atoms with Crippen molar-refractivity contribution in [3.05, 3.63) is 12.7 Å². The van der Waals surface area contributed by atoms with Crippen molar-refractivity contribution in [3.8, 4) is 0 Å². The zero-order valence-corrected chi connectivity index (χ0v) is 15.6. The second kappa shape index (κ2) is 7.64. The van der Waals surface area contributed by atoms with E-state index in [0.29, 0.717) is 23.0 Å². The molecule has 1 aliphatic heterocycles. The molecule has 2 aromatic rings. The summed E-state index contributed by atoms with van der Waals surface area (Å²) in [5.74, 6) is 0.571. The van der Waals surface area contributed by atoms with Gasteiger partial charge in [-0.05, 0) is 12.8 Å². The summed E-state index contributed by atoms with van der Waals surface area (Å²) in [6, 6.07) is 0.315. The zero-order chi connectivity index (χ0) is 19.9. The number of aliphatic hydroxyl groups is 2. The molecule has 4 rings (SSSR count). The number of aliphatic hydroxyl groups excluding tert-OH is 2. The lowest BCUT2D eigenvalue weighted by Crippen LogP contribution is -2.34. The van der Waals surface area contributed by atoms with Gasteiger partial charge in [-0.25, -0.2) is 15.0 Å². The quantitative estimate of drug-likeness (QED) is 0.477. The van der Waals surface area contributed by atoms with E-state index in [1.165, 1.54) is 17.2 Å². The number of anilines is 1. The lowest BCUT2D eigenvalue weighted by molar-refractivity contribution is -0.343. The van der Waals surface area contributed by atoms with Crippen LogP contribution in [0.1, 0.15) is 31.9 Å². The standard InChI is InChI=1S/C15H22N5O7P/c21-11-9(5-26-28(23,24)25)27-15(12(11)22)20-7-18-10-13(16-6-17-14(10)20)19-8-3-1-2-4-8/h6-9,11-12,15,21-22H,1-5H2,(H,16,17,19)(H2,23,24,25)/p-2/t9-,11-,12-,15-/m1/s1. The molecule has 3 N–H and O–H groups in total. The van der Waals surface area contributed by atoms with E-state index in [1.807, 2.05) is 0 Å². The summed E-state index contributed by atoms with van der Waals surface area (Å²) in [5.41, 5.74) is 0.870. The number of nitrogens with one attached hydrogen (secondary N) is 1. The molecule has 0 unspecified atom stereocenters. The Kier molecular flexibility index (Phi) is 5.36. The number of phosphoric ester groups is 1. The Labute approximate surface area is 159 Å². The van der Waals surface area contributed by atoms with E-state index in [0.717, 1.165) is 25.7 Å². The second-order valence-corrected chi connectivity index (χ2v) is 8.11. The number of imidazole rings is 1. The molecule has 0 aromatic carbocycles. The molecule has 4 atom stereocenters. The number of hydrogen-bond donors (Lipinski definition) is 3. The van der Waals surface area contributed by atoms with E-state index in [2.05, 4.69) is 24.8 Å². The normalized spacial score (nSPS) is 29.0. The van der Waals surface area contributed by atoms with Crippen molar-refractivity contribution in [2.24, 2.45) is 0 Å². The molecule has 154 valence electrons. The highest BCUT2D eigenvalue weighted by molar-refractivity contribution is 7.43. The Bertz CT molecular complexity index is 883. The van der Waals surface area contributed by atoms with Crippen molar-refractivity contribution < 1.29 is 33.8 Å². The summed E-state index contributed by atoms with van der Waals surface area (Å²) in [7, 11) is -5.23. The van der Waals surface area contributed by atoms with Gasteiger partial charge in [-0.1, -0.05) is 12.8 Å². The first-order valence-electron chi connectivity index (χ1n) is 8.96. The smallest absolute Gasteiger partial charge is 0.167 e. The van der Waals surface area contributed by atoms with Crippen molar-refractivity contribution in [3.63, 3.8) is 0 Å². The lowest BCUT2D eigenvalue weighted by atomic mass is 10.1. The highest BCUT2D eigenvalue weighted by Crippen LogP contribution is 2.35. The minimum Gasteiger partial charge on any atom is -0.790 e. The van der Waals surface area contributed by atoms with Crippen molar-refractivity contribution >= 4 is 24.8 Å². The van der Waals surface area contributed by atoms with Crippen LogP contribution in [0, 0.1) is 0 Å². The molecule has 0 bridgehead atoms. The third kappa shape index (κ3) is 3.90. The Balaban J connectivity index is 1.56. The van der Waals surface area contributed by atoms with Gasteiger partial charge in [0.15, 0.2) is 23.2 Å². The van der Waals surface area contributed by atoms with Gasteiger partial charge in [0.05, 0.1) is 20.8 Å². The van der Waals surface area contributed by atoms with Crippen LogP contribution >= 0.6 is 7.82 Å². The first kappa shape index (κ1) is 19.6. The highest BCUT2D eigenvalue weighted by atomic mass is 31.2. The Hall–Kier alpha value is -1.66. The van der Waals surface area contributed by atoms with Crippen LogP contribution < -0.4 is 15.1 Å². The second-order valence-electron chi connectivity index (χ2n) is 6.96. The molecule has 3 heterocycles. The monoisotopic (exact) mass is 413 g/mol. The van der Waals surface area contributed by atoms with Crippen LogP contribution in [0.4, 0.5) is 5.82 Å². The summed E-state index contributed by atoms with van der Waals surface area (Å²) < 4.78 is 21.8. The maximum Gasteiger partial charge on any atom is 0.167 e. The first-order valence-corrected chi connectivity index (χ1v) is 10.4. The number of aromatic nitrogens is 4. The maximum atomic E-state index is 10.7. The van der Waals surface area contributed by atoms with Crippen LogP contribution in [0.15, 0.2) is 12.7 Å². The minimum absolute atomic E-state index is 0.315. The third-order valence-corrected chi connectivity index (χ3v) is 5.53. The van der Waals surface area contributed by atoms with E-state index in [9.17, 15) is 24.6 Å². The van der Waals surface area contributed by atoms with E-state index in [-0.39, 0.29) is 0 Å². The van der Waals surface area contributed by atoms with Crippen LogP contribution in [-0.2, 0) is 13.8 Å². The summed E-state index contributed by atoms with van der Waals surface area (Å²) in [6.45, 7) is -0.699. The fourth-order valence-electron chi connectivity index (χ4n) is 3.67. The fraction of sp³-hybridized carbons (Fsp3) is 0.667. The Morgan fingerprint density at radius 3 is 2.71 bits per heavy atom. The molecule has 2 aromatic heterocycles. The van der Waals surface area contributed by atoms with Gasteiger partial charge in [-0.2, -0.15) is 0 Å². The fourth-order valence-corrected chi connectivity index (χ4v) is 4.00. The van der Waals surface area contributed by atoms with Crippen LogP contribution in [0.5, 0.6) is 0 Å². The molecular formula is C15H20N5O7P-2. The van der Waals surface area contributed by atoms with Crippen LogP contribution in [0.3, 0.4) is 0 Å². The molecule has 28 heavy (non-hydrogen) atoms. The van der Waals surface area contributed by atoms with Crippen molar-refractivity contribution in [1.82, 2.24) is 19.5 Å². The van der Waals surface area contributed by atoms with Gasteiger partial charge >= 0.3 is 0 Å².